The van der Waals surface area contributed by atoms with E-state index in [9.17, 15) is 14.9 Å². The number of carbonyl (C=O) groups is 1. The summed E-state index contributed by atoms with van der Waals surface area (Å²) in [4.78, 5) is 26.5. The number of nitro groups is 1. The molecule has 2 heterocycles. The van der Waals surface area contributed by atoms with Gasteiger partial charge in [-0.3, -0.25) is 10.1 Å². The molecule has 12 heteroatoms. The van der Waals surface area contributed by atoms with Crippen LogP contribution in [0.4, 0.5) is 11.8 Å². The summed E-state index contributed by atoms with van der Waals surface area (Å²) in [7, 11) is 0. The summed E-state index contributed by atoms with van der Waals surface area (Å²) in [6, 6.07) is 7.34. The molecule has 0 fully saturated rings. The van der Waals surface area contributed by atoms with E-state index in [1.54, 1.807) is 13.0 Å². The number of anilines is 1. The monoisotopic (exact) mass is 453 g/mol. The van der Waals surface area contributed by atoms with E-state index in [2.05, 4.69) is 36.4 Å². The van der Waals surface area contributed by atoms with Gasteiger partial charge < -0.3 is 10.1 Å². The summed E-state index contributed by atoms with van der Waals surface area (Å²) < 4.78 is 3.01. The van der Waals surface area contributed by atoms with Gasteiger partial charge in [-0.25, -0.2) is 9.67 Å². The van der Waals surface area contributed by atoms with Crippen LogP contribution in [0.25, 0.3) is 0 Å². The van der Waals surface area contributed by atoms with E-state index in [0.29, 0.717) is 17.3 Å². The van der Waals surface area contributed by atoms with Crippen LogP contribution in [0.1, 0.15) is 11.3 Å². The second kappa shape index (κ2) is 7.84. The fraction of sp³-hybridized carbons (Fsp3) is 0.200. The fourth-order valence-corrected chi connectivity index (χ4v) is 2.93. The number of nitrogens with zero attached hydrogens (tertiary/aromatic N) is 6. The number of carbonyl (C=O) groups excluding carboxylic acids is 1. The van der Waals surface area contributed by atoms with Crippen LogP contribution < -0.4 is 5.32 Å². The van der Waals surface area contributed by atoms with E-state index in [1.807, 2.05) is 18.2 Å². The zero-order chi connectivity index (χ0) is 19.6. The molecule has 1 aromatic carbocycles. The van der Waals surface area contributed by atoms with Gasteiger partial charge >= 0.3 is 5.82 Å². The van der Waals surface area contributed by atoms with Gasteiger partial charge in [0, 0.05) is 5.02 Å². The van der Waals surface area contributed by atoms with Gasteiger partial charge in [-0.05, 0) is 39.4 Å². The predicted molar refractivity (Wildman–Crippen MR) is 101 cm³/mol. The number of benzene rings is 1. The fourth-order valence-electron chi connectivity index (χ4n) is 2.31. The molecule has 0 spiro atoms. The maximum atomic E-state index is 12.2. The molecule has 0 saturated carbocycles. The third kappa shape index (κ3) is 4.31. The average molecular weight is 455 g/mol. The molecule has 3 rings (SSSR count). The van der Waals surface area contributed by atoms with E-state index < -0.39 is 10.8 Å². The molecule has 0 radical (unpaired) electrons. The normalized spacial score (nSPS) is 10.8. The summed E-state index contributed by atoms with van der Waals surface area (Å²) in [5.41, 5.74) is 1.33. The first-order valence-corrected chi connectivity index (χ1v) is 8.82. The van der Waals surface area contributed by atoms with Crippen LogP contribution in [0.5, 0.6) is 0 Å². The highest BCUT2D eigenvalue weighted by molar-refractivity contribution is 9.10. The van der Waals surface area contributed by atoms with Crippen LogP contribution >= 0.6 is 27.5 Å². The summed E-state index contributed by atoms with van der Waals surface area (Å²) in [6.07, 6.45) is 1.47. The van der Waals surface area contributed by atoms with Crippen molar-refractivity contribution in [3.63, 3.8) is 0 Å². The molecule has 0 aliphatic rings. The zero-order valence-corrected chi connectivity index (χ0v) is 16.3. The van der Waals surface area contributed by atoms with Crippen molar-refractivity contribution in [1.29, 1.82) is 0 Å². The van der Waals surface area contributed by atoms with Crippen molar-refractivity contribution in [3.05, 3.63) is 61.5 Å². The van der Waals surface area contributed by atoms with Crippen LogP contribution in [0.2, 0.25) is 5.02 Å². The lowest BCUT2D eigenvalue weighted by atomic mass is 10.2. The molecular formula is C15H13BrClN7O3. The second-order valence-corrected chi connectivity index (χ2v) is 6.74. The second-order valence-electron chi connectivity index (χ2n) is 5.54. The first kappa shape index (κ1) is 19.0. The average Bonchev–Trinajstić information content (AvgIpc) is 3.16. The lowest BCUT2D eigenvalue weighted by molar-refractivity contribution is -0.390. The van der Waals surface area contributed by atoms with Crippen molar-refractivity contribution in [2.24, 2.45) is 0 Å². The number of aromatic nitrogens is 5. The van der Waals surface area contributed by atoms with Gasteiger partial charge in [-0.1, -0.05) is 29.8 Å². The third-order valence-corrected chi connectivity index (χ3v) is 4.96. The Bertz CT molecular complexity index is 1020. The molecule has 27 heavy (non-hydrogen) atoms. The van der Waals surface area contributed by atoms with Gasteiger partial charge in [0.25, 0.3) is 5.91 Å². The van der Waals surface area contributed by atoms with Crippen LogP contribution in [0, 0.1) is 17.0 Å². The zero-order valence-electron chi connectivity index (χ0n) is 14.0. The summed E-state index contributed by atoms with van der Waals surface area (Å²) in [5.74, 6) is -0.689. The molecule has 3 aromatic rings. The van der Waals surface area contributed by atoms with Crippen LogP contribution in [-0.2, 0) is 17.9 Å². The van der Waals surface area contributed by atoms with Gasteiger partial charge in [0.2, 0.25) is 5.95 Å². The Kier molecular flexibility index (Phi) is 5.51. The summed E-state index contributed by atoms with van der Waals surface area (Å²) >= 11 is 9.22. The molecule has 0 aliphatic carbocycles. The Morgan fingerprint density at radius 2 is 2.11 bits per heavy atom. The van der Waals surface area contributed by atoms with Gasteiger partial charge in [-0.2, -0.15) is 4.68 Å². The minimum atomic E-state index is -0.622. The standard InChI is InChI=1S/C15H13BrClN7O3/c1-9-13(16)14(24(26)27)20-23(9)7-12(25)19-15-18-8-22(21-15)6-10-4-2-3-5-11(10)17/h2-5,8H,6-7H2,1H3,(H,19,21,25). The number of nitrogens with one attached hydrogen (secondary N) is 1. The summed E-state index contributed by atoms with van der Waals surface area (Å²) in [5, 5.41) is 22.0. The smallest absolute Gasteiger partial charge is 0.358 e. The topological polar surface area (TPSA) is 121 Å². The Labute approximate surface area is 166 Å². The van der Waals surface area contributed by atoms with E-state index in [-0.39, 0.29) is 22.8 Å². The summed E-state index contributed by atoms with van der Waals surface area (Å²) in [6.45, 7) is 1.81. The van der Waals surface area contributed by atoms with Crippen molar-refractivity contribution in [2.45, 2.75) is 20.0 Å². The highest BCUT2D eigenvalue weighted by Crippen LogP contribution is 2.26. The molecule has 1 N–H and O–H groups in total. The number of amides is 1. The van der Waals surface area contributed by atoms with E-state index >= 15 is 0 Å². The molecule has 0 atom stereocenters. The molecule has 0 unspecified atom stereocenters. The van der Waals surface area contributed by atoms with Crippen molar-refractivity contribution in [1.82, 2.24) is 24.5 Å². The van der Waals surface area contributed by atoms with Crippen LogP contribution in [0.15, 0.2) is 35.1 Å². The molecular weight excluding hydrogens is 442 g/mol. The Morgan fingerprint density at radius 3 is 2.78 bits per heavy atom. The quantitative estimate of drug-likeness (QED) is 0.451. The maximum absolute atomic E-state index is 12.2. The van der Waals surface area contributed by atoms with Crippen molar-refractivity contribution >= 4 is 45.2 Å². The largest absolute Gasteiger partial charge is 0.404 e. The lowest BCUT2D eigenvalue weighted by Crippen LogP contribution is -2.21. The van der Waals surface area contributed by atoms with Crippen LogP contribution in [-0.4, -0.2) is 35.4 Å². The van der Waals surface area contributed by atoms with E-state index in [4.69, 9.17) is 11.6 Å². The van der Waals surface area contributed by atoms with E-state index in [0.717, 1.165) is 5.56 Å². The first-order chi connectivity index (χ1) is 12.8. The number of hydrogen-bond donors (Lipinski definition) is 1. The molecule has 140 valence electrons. The SMILES string of the molecule is Cc1c(Br)c([N+](=O)[O-])nn1CC(=O)Nc1ncn(Cc2ccccc2Cl)n1. The Morgan fingerprint density at radius 1 is 1.37 bits per heavy atom. The molecule has 0 bridgehead atoms. The number of rotatable bonds is 6. The molecule has 10 nitrogen and oxygen atoms in total. The van der Waals surface area contributed by atoms with Crippen molar-refractivity contribution < 1.29 is 9.72 Å². The van der Waals surface area contributed by atoms with Crippen molar-refractivity contribution in [3.8, 4) is 0 Å². The highest BCUT2D eigenvalue weighted by atomic mass is 79.9. The minimum absolute atomic E-state index is 0.116. The van der Waals surface area contributed by atoms with E-state index in [1.165, 1.54) is 15.7 Å². The minimum Gasteiger partial charge on any atom is -0.358 e. The number of hydrogen-bond acceptors (Lipinski definition) is 6. The van der Waals surface area contributed by atoms with Crippen molar-refractivity contribution in [2.75, 3.05) is 5.32 Å². The van der Waals surface area contributed by atoms with Gasteiger partial charge in [0.15, 0.2) is 0 Å². The lowest BCUT2D eigenvalue weighted by Gasteiger charge is -2.03. The predicted octanol–water partition coefficient (Wildman–Crippen LogP) is 2.79. The maximum Gasteiger partial charge on any atom is 0.404 e. The highest BCUT2D eigenvalue weighted by Gasteiger charge is 2.24. The Balaban J connectivity index is 1.66. The Hall–Kier alpha value is -2.79. The molecule has 0 aliphatic heterocycles. The van der Waals surface area contributed by atoms with Gasteiger partial charge in [0.1, 0.15) is 17.3 Å². The number of halogens is 2. The van der Waals surface area contributed by atoms with Gasteiger partial charge in [0.05, 0.1) is 17.3 Å². The molecule has 2 aromatic heterocycles. The molecule has 1 amide bonds. The van der Waals surface area contributed by atoms with Crippen LogP contribution in [0.3, 0.4) is 0 Å². The first-order valence-electron chi connectivity index (χ1n) is 7.65. The third-order valence-electron chi connectivity index (χ3n) is 3.66. The van der Waals surface area contributed by atoms with Gasteiger partial charge in [-0.15, -0.1) is 5.10 Å². The molecule has 0 saturated heterocycles.